The molecule has 2 saturated heterocycles. The molecule has 0 unspecified atom stereocenters. The third kappa shape index (κ3) is 10.3. The highest BCUT2D eigenvalue weighted by atomic mass is 35.5. The Hall–Kier alpha value is -5.32. The Morgan fingerprint density at radius 1 is 0.764 bits per heavy atom. The van der Waals surface area contributed by atoms with Gasteiger partial charge in [0.2, 0.25) is 11.8 Å². The number of likely N-dealkylation sites (tertiary alicyclic amines) is 2. The molecule has 0 aliphatic carbocycles. The lowest BCUT2D eigenvalue weighted by atomic mass is 10.1. The smallest absolute Gasteiger partial charge is 0.225 e. The number of aryl methyl sites for hydroxylation is 2. The van der Waals surface area contributed by atoms with Crippen LogP contribution in [-0.4, -0.2) is 71.6 Å². The first-order chi connectivity index (χ1) is 26.6. The molecule has 284 valence electrons. The number of aliphatic hydroxyl groups is 1. The maximum Gasteiger partial charge on any atom is 0.225 e. The van der Waals surface area contributed by atoms with E-state index in [9.17, 15) is 9.59 Å². The molecule has 0 saturated carbocycles. The minimum atomic E-state index is 0.00908. The Bertz CT molecular complexity index is 2090. The average Bonchev–Trinajstić information content (AvgIpc) is 3.74. The summed E-state index contributed by atoms with van der Waals surface area (Å²) in [5, 5.41) is 28.2. The van der Waals surface area contributed by atoms with Crippen molar-refractivity contribution < 1.29 is 14.7 Å². The molecule has 2 heterocycles. The SMILES string of the molecule is C=CCN1C[C@@H](N(Cc2ccccc2C)c2ccc(C#N)c(Cl)c2)CC1=O.Cc1ccccc1CN(c1ccc(C#N)c(Cl)c1)[C@H]1CC(=O)N(CCCO)C1. The Morgan fingerprint density at radius 2 is 1.22 bits per heavy atom. The van der Waals surface area contributed by atoms with Crippen molar-refractivity contribution in [1.29, 1.82) is 10.5 Å². The quantitative estimate of drug-likeness (QED) is 0.138. The number of halogens is 2. The van der Waals surface area contributed by atoms with Gasteiger partial charge < -0.3 is 24.7 Å². The summed E-state index contributed by atoms with van der Waals surface area (Å²) in [5.41, 5.74) is 7.48. The number of benzene rings is 4. The fourth-order valence-corrected chi connectivity index (χ4v) is 7.52. The average molecular weight is 778 g/mol. The van der Waals surface area contributed by atoms with Gasteiger partial charge >= 0.3 is 0 Å². The lowest BCUT2D eigenvalue weighted by molar-refractivity contribution is -0.128. The van der Waals surface area contributed by atoms with Crippen molar-refractivity contribution >= 4 is 46.4 Å². The van der Waals surface area contributed by atoms with Crippen LogP contribution in [0.25, 0.3) is 0 Å². The van der Waals surface area contributed by atoms with Gasteiger partial charge in [-0.15, -0.1) is 6.58 Å². The van der Waals surface area contributed by atoms with E-state index in [1.165, 1.54) is 22.3 Å². The van der Waals surface area contributed by atoms with Gasteiger partial charge in [-0.2, -0.15) is 10.5 Å². The van der Waals surface area contributed by atoms with Crippen LogP contribution < -0.4 is 9.80 Å². The molecule has 2 amide bonds. The highest BCUT2D eigenvalue weighted by molar-refractivity contribution is 6.32. The minimum Gasteiger partial charge on any atom is -0.396 e. The van der Waals surface area contributed by atoms with Crippen molar-refractivity contribution in [3.8, 4) is 12.1 Å². The monoisotopic (exact) mass is 776 g/mol. The second-order valence-corrected chi connectivity index (χ2v) is 14.7. The number of nitriles is 2. The molecule has 2 fully saturated rings. The highest BCUT2D eigenvalue weighted by Crippen LogP contribution is 2.32. The summed E-state index contributed by atoms with van der Waals surface area (Å²) in [7, 11) is 0. The van der Waals surface area contributed by atoms with E-state index >= 15 is 0 Å². The van der Waals surface area contributed by atoms with Crippen LogP contribution in [0.2, 0.25) is 10.0 Å². The molecule has 0 aromatic heterocycles. The van der Waals surface area contributed by atoms with E-state index in [1.54, 1.807) is 24.3 Å². The molecule has 4 aromatic carbocycles. The third-order valence-electron chi connectivity index (χ3n) is 10.2. The summed E-state index contributed by atoms with van der Waals surface area (Å²) in [6.45, 7) is 11.7. The first kappa shape index (κ1) is 40.9. The van der Waals surface area contributed by atoms with E-state index in [2.05, 4.69) is 66.6 Å². The Kier molecular flexibility index (Phi) is 14.4. The van der Waals surface area contributed by atoms with Crippen LogP contribution in [0.3, 0.4) is 0 Å². The van der Waals surface area contributed by atoms with E-state index < -0.39 is 0 Å². The number of aliphatic hydroxyl groups excluding tert-OH is 1. The first-order valence-corrected chi connectivity index (χ1v) is 19.1. The van der Waals surface area contributed by atoms with Crippen molar-refractivity contribution in [1.82, 2.24) is 9.80 Å². The van der Waals surface area contributed by atoms with Crippen LogP contribution in [0.5, 0.6) is 0 Å². The van der Waals surface area contributed by atoms with Crippen molar-refractivity contribution in [3.05, 3.63) is 141 Å². The standard InChI is InChI=1S/C22H24ClN3O2.C22H22ClN3O/c1-16-5-2-3-6-18(16)14-26(19-8-7-17(13-24)21(23)11-19)20-12-22(28)25(15-20)9-4-10-27;1-3-10-25-15-20(12-22(25)27)26(14-18-7-5-4-6-16(18)2)19-9-8-17(13-24)21(23)11-19/h2-3,5-8,11,20,27H,4,9-10,12,14-15H2,1H3;3-9,11,20H,1,10,12,14-15H2,2H3/t2*20-/m00/s1. The number of hydrogen-bond donors (Lipinski definition) is 1. The Morgan fingerprint density at radius 3 is 1.64 bits per heavy atom. The maximum absolute atomic E-state index is 12.5. The Balaban J connectivity index is 0.000000211. The van der Waals surface area contributed by atoms with Crippen LogP contribution in [-0.2, 0) is 22.7 Å². The zero-order chi connectivity index (χ0) is 39.5. The summed E-state index contributed by atoms with van der Waals surface area (Å²) in [5.74, 6) is 0.238. The summed E-state index contributed by atoms with van der Waals surface area (Å²) in [6, 6.07) is 31.5. The van der Waals surface area contributed by atoms with Gasteiger partial charge in [0.25, 0.3) is 0 Å². The first-order valence-electron chi connectivity index (χ1n) is 18.4. The van der Waals surface area contributed by atoms with Crippen LogP contribution in [0, 0.1) is 36.5 Å². The molecule has 0 radical (unpaired) electrons. The fraction of sp³-hybridized carbons (Fsp3) is 0.318. The van der Waals surface area contributed by atoms with Gasteiger partial charge in [-0.25, -0.2) is 0 Å². The van der Waals surface area contributed by atoms with Gasteiger partial charge in [0.1, 0.15) is 12.1 Å². The predicted molar refractivity (Wildman–Crippen MR) is 219 cm³/mol. The van der Waals surface area contributed by atoms with Gasteiger partial charge in [0, 0.05) is 70.1 Å². The minimum absolute atomic E-state index is 0.00908. The van der Waals surface area contributed by atoms with E-state index in [4.69, 9.17) is 38.8 Å². The van der Waals surface area contributed by atoms with Crippen LogP contribution >= 0.6 is 23.2 Å². The van der Waals surface area contributed by atoms with Crippen molar-refractivity contribution in [2.45, 2.75) is 58.3 Å². The molecule has 2 aliphatic heterocycles. The molecule has 2 aliphatic rings. The summed E-state index contributed by atoms with van der Waals surface area (Å²) in [4.78, 5) is 32.9. The molecule has 4 aromatic rings. The zero-order valence-electron chi connectivity index (χ0n) is 31.3. The van der Waals surface area contributed by atoms with Gasteiger partial charge in [-0.3, -0.25) is 9.59 Å². The van der Waals surface area contributed by atoms with E-state index in [1.807, 2.05) is 52.3 Å². The molecule has 9 nitrogen and oxygen atoms in total. The number of amides is 2. The summed E-state index contributed by atoms with van der Waals surface area (Å²) < 4.78 is 0. The molecule has 11 heteroatoms. The maximum atomic E-state index is 12.5. The number of rotatable bonds is 13. The van der Waals surface area contributed by atoms with Gasteiger partial charge in [0.05, 0.1) is 33.3 Å². The molecule has 2 atom stereocenters. The van der Waals surface area contributed by atoms with Gasteiger partial charge in [0.15, 0.2) is 0 Å². The molecule has 55 heavy (non-hydrogen) atoms. The summed E-state index contributed by atoms with van der Waals surface area (Å²) in [6.07, 6.45) is 3.22. The molecular weight excluding hydrogens is 731 g/mol. The number of nitrogens with zero attached hydrogens (tertiary/aromatic N) is 6. The number of carbonyl (C=O) groups excluding carboxylic acids is 2. The lowest BCUT2D eigenvalue weighted by Crippen LogP contribution is -2.37. The highest BCUT2D eigenvalue weighted by Gasteiger charge is 2.35. The van der Waals surface area contributed by atoms with E-state index in [0.29, 0.717) is 79.7 Å². The molecule has 0 spiro atoms. The second-order valence-electron chi connectivity index (χ2n) is 13.9. The van der Waals surface area contributed by atoms with Crippen LogP contribution in [0.4, 0.5) is 11.4 Å². The molecule has 0 bridgehead atoms. The van der Waals surface area contributed by atoms with E-state index in [0.717, 1.165) is 11.4 Å². The van der Waals surface area contributed by atoms with Crippen LogP contribution in [0.15, 0.2) is 97.6 Å². The van der Waals surface area contributed by atoms with Crippen molar-refractivity contribution in [2.75, 3.05) is 42.6 Å². The molecular formula is C44H46Cl2N6O3. The molecule has 1 N–H and O–H groups in total. The second kappa shape index (κ2) is 19.3. The predicted octanol–water partition coefficient (Wildman–Crippen LogP) is 7.82. The van der Waals surface area contributed by atoms with Crippen LogP contribution in [0.1, 0.15) is 52.6 Å². The van der Waals surface area contributed by atoms with Gasteiger partial charge in [-0.1, -0.05) is 77.8 Å². The zero-order valence-corrected chi connectivity index (χ0v) is 32.8. The third-order valence-corrected chi connectivity index (χ3v) is 10.8. The van der Waals surface area contributed by atoms with E-state index in [-0.39, 0.29) is 30.5 Å². The number of anilines is 2. The normalized spacial score (nSPS) is 16.3. The topological polar surface area (TPSA) is 115 Å². The molecule has 6 rings (SSSR count). The fourth-order valence-electron chi connectivity index (χ4n) is 7.08. The van der Waals surface area contributed by atoms with Crippen molar-refractivity contribution in [2.24, 2.45) is 0 Å². The van der Waals surface area contributed by atoms with Crippen molar-refractivity contribution in [3.63, 3.8) is 0 Å². The lowest BCUT2D eigenvalue weighted by Gasteiger charge is -2.32. The largest absolute Gasteiger partial charge is 0.396 e. The number of hydrogen-bond acceptors (Lipinski definition) is 7. The van der Waals surface area contributed by atoms with Gasteiger partial charge in [-0.05, 0) is 78.9 Å². The Labute approximate surface area is 334 Å². The number of carbonyl (C=O) groups is 2. The summed E-state index contributed by atoms with van der Waals surface area (Å²) >= 11 is 12.6.